The van der Waals surface area contributed by atoms with Crippen molar-refractivity contribution in [3.63, 3.8) is 0 Å². The van der Waals surface area contributed by atoms with Gasteiger partial charge in [-0.05, 0) is 54.7 Å². The SMILES string of the molecule is O=C1NC(=S)N(c2ccc(Cl)cc2)C(=O)[C@@H]1C=Nc1ccc(Cl)c(Cl)c1. The quantitative estimate of drug-likeness (QED) is 0.449. The number of aliphatic imine (C=N–C) groups is 1. The van der Waals surface area contributed by atoms with E-state index in [0.29, 0.717) is 26.4 Å². The van der Waals surface area contributed by atoms with Crippen LogP contribution in [0.25, 0.3) is 0 Å². The first-order valence-corrected chi connectivity index (χ1v) is 8.84. The Bertz CT molecular complexity index is 931. The summed E-state index contributed by atoms with van der Waals surface area (Å²) in [6, 6.07) is 11.3. The van der Waals surface area contributed by atoms with Gasteiger partial charge in [0.1, 0.15) is 0 Å². The number of benzene rings is 2. The third kappa shape index (κ3) is 3.88. The van der Waals surface area contributed by atoms with Gasteiger partial charge < -0.3 is 5.32 Å². The molecule has 5 nitrogen and oxygen atoms in total. The number of carbonyl (C=O) groups excluding carboxylic acids is 2. The Hall–Kier alpha value is -1.99. The minimum atomic E-state index is -1.13. The molecule has 1 aliphatic rings. The number of nitrogens with zero attached hydrogens (tertiary/aromatic N) is 2. The number of carbonyl (C=O) groups is 2. The summed E-state index contributed by atoms with van der Waals surface area (Å²) in [6.45, 7) is 0. The highest BCUT2D eigenvalue weighted by Crippen LogP contribution is 2.27. The molecule has 0 aromatic heterocycles. The molecule has 1 N–H and O–H groups in total. The van der Waals surface area contributed by atoms with Crippen LogP contribution in [0, 0.1) is 5.92 Å². The lowest BCUT2D eigenvalue weighted by molar-refractivity contribution is -0.130. The zero-order chi connectivity index (χ0) is 18.8. The summed E-state index contributed by atoms with van der Waals surface area (Å²) < 4.78 is 0. The van der Waals surface area contributed by atoms with Gasteiger partial charge in [-0.3, -0.25) is 19.5 Å². The molecule has 1 fully saturated rings. The summed E-state index contributed by atoms with van der Waals surface area (Å²) >= 11 is 22.8. The van der Waals surface area contributed by atoms with E-state index in [0.717, 1.165) is 0 Å². The van der Waals surface area contributed by atoms with Crippen LogP contribution in [0.4, 0.5) is 11.4 Å². The molecule has 2 amide bonds. The third-order valence-corrected chi connectivity index (χ3v) is 4.84. The van der Waals surface area contributed by atoms with Crippen molar-refractivity contribution in [2.24, 2.45) is 10.9 Å². The van der Waals surface area contributed by atoms with Gasteiger partial charge in [-0.25, -0.2) is 0 Å². The first kappa shape index (κ1) is 18.8. The molecule has 1 atom stereocenters. The van der Waals surface area contributed by atoms with Gasteiger partial charge in [-0.2, -0.15) is 0 Å². The van der Waals surface area contributed by atoms with E-state index >= 15 is 0 Å². The molecule has 2 aromatic carbocycles. The summed E-state index contributed by atoms with van der Waals surface area (Å²) in [4.78, 5) is 30.4. The van der Waals surface area contributed by atoms with Gasteiger partial charge in [-0.15, -0.1) is 0 Å². The number of rotatable bonds is 3. The standard InChI is InChI=1S/C17H10Cl3N3O2S/c18-9-1-4-11(5-2-9)23-16(25)12(15(24)22-17(23)26)8-21-10-3-6-13(19)14(20)7-10/h1-8,12H,(H,22,24,26)/t12-/m1/s1. The summed E-state index contributed by atoms with van der Waals surface area (Å²) in [6.07, 6.45) is 1.25. The molecule has 0 spiro atoms. The van der Waals surface area contributed by atoms with Crippen LogP contribution in [0.5, 0.6) is 0 Å². The van der Waals surface area contributed by atoms with Crippen molar-refractivity contribution in [2.45, 2.75) is 0 Å². The lowest BCUT2D eigenvalue weighted by Crippen LogP contribution is -2.58. The molecule has 3 rings (SSSR count). The van der Waals surface area contributed by atoms with E-state index in [2.05, 4.69) is 10.3 Å². The Morgan fingerprint density at radius 3 is 2.38 bits per heavy atom. The lowest BCUT2D eigenvalue weighted by atomic mass is 10.1. The van der Waals surface area contributed by atoms with Crippen molar-refractivity contribution in [1.82, 2.24) is 5.32 Å². The maximum atomic E-state index is 12.8. The molecule has 0 bridgehead atoms. The Morgan fingerprint density at radius 1 is 1.04 bits per heavy atom. The van der Waals surface area contributed by atoms with E-state index in [4.69, 9.17) is 47.0 Å². The van der Waals surface area contributed by atoms with Gasteiger partial charge >= 0.3 is 0 Å². The first-order chi connectivity index (χ1) is 12.4. The van der Waals surface area contributed by atoms with Crippen molar-refractivity contribution in [3.05, 3.63) is 57.5 Å². The van der Waals surface area contributed by atoms with Crippen LogP contribution in [0.2, 0.25) is 15.1 Å². The minimum Gasteiger partial charge on any atom is -0.301 e. The van der Waals surface area contributed by atoms with Crippen LogP contribution >= 0.6 is 47.0 Å². The van der Waals surface area contributed by atoms with Crippen molar-refractivity contribution in [3.8, 4) is 0 Å². The molecular weight excluding hydrogens is 417 g/mol. The summed E-state index contributed by atoms with van der Waals surface area (Å²) in [7, 11) is 0. The van der Waals surface area contributed by atoms with Crippen LogP contribution < -0.4 is 10.2 Å². The van der Waals surface area contributed by atoms with Gasteiger partial charge in [0, 0.05) is 11.2 Å². The Labute approximate surface area is 169 Å². The van der Waals surface area contributed by atoms with Gasteiger partial charge in [0.25, 0.3) is 5.91 Å². The lowest BCUT2D eigenvalue weighted by Gasteiger charge is -2.30. The van der Waals surface area contributed by atoms with Crippen molar-refractivity contribution in [1.29, 1.82) is 0 Å². The van der Waals surface area contributed by atoms with Crippen LogP contribution in [0.3, 0.4) is 0 Å². The molecule has 1 saturated heterocycles. The second kappa shape index (κ2) is 7.72. The van der Waals surface area contributed by atoms with Crippen LogP contribution in [-0.2, 0) is 9.59 Å². The van der Waals surface area contributed by atoms with E-state index in [-0.39, 0.29) is 5.11 Å². The second-order valence-electron chi connectivity index (χ2n) is 5.30. The maximum absolute atomic E-state index is 12.8. The average Bonchev–Trinajstić information content (AvgIpc) is 2.59. The molecule has 1 aliphatic heterocycles. The Morgan fingerprint density at radius 2 is 1.73 bits per heavy atom. The monoisotopic (exact) mass is 425 g/mol. The first-order valence-electron chi connectivity index (χ1n) is 7.30. The fourth-order valence-corrected chi connectivity index (χ4v) is 3.00. The van der Waals surface area contributed by atoms with Crippen molar-refractivity contribution >= 4 is 81.5 Å². The van der Waals surface area contributed by atoms with Crippen LogP contribution in [-0.4, -0.2) is 23.1 Å². The molecule has 9 heteroatoms. The predicted octanol–water partition coefficient (Wildman–Crippen LogP) is 4.41. The topological polar surface area (TPSA) is 61.8 Å². The molecule has 1 heterocycles. The molecule has 0 saturated carbocycles. The zero-order valence-electron chi connectivity index (χ0n) is 12.9. The highest BCUT2D eigenvalue weighted by molar-refractivity contribution is 7.80. The molecule has 26 heavy (non-hydrogen) atoms. The van der Waals surface area contributed by atoms with E-state index in [1.807, 2.05) is 0 Å². The van der Waals surface area contributed by atoms with E-state index < -0.39 is 17.7 Å². The Kier molecular flexibility index (Phi) is 5.58. The molecule has 2 aromatic rings. The highest BCUT2D eigenvalue weighted by Gasteiger charge is 2.38. The molecule has 0 radical (unpaired) electrons. The maximum Gasteiger partial charge on any atom is 0.251 e. The number of thiocarbonyl (C=S) groups is 1. The summed E-state index contributed by atoms with van der Waals surface area (Å²) in [5.74, 6) is -2.19. The van der Waals surface area contributed by atoms with Crippen LogP contribution in [0.15, 0.2) is 47.5 Å². The fraction of sp³-hybridized carbons (Fsp3) is 0.0588. The summed E-state index contributed by atoms with van der Waals surface area (Å²) in [5, 5.41) is 3.74. The second-order valence-corrected chi connectivity index (χ2v) is 6.94. The van der Waals surface area contributed by atoms with Gasteiger partial charge in [0.15, 0.2) is 11.0 Å². The van der Waals surface area contributed by atoms with Crippen LogP contribution in [0.1, 0.15) is 0 Å². The largest absolute Gasteiger partial charge is 0.301 e. The number of anilines is 1. The Balaban J connectivity index is 1.88. The average molecular weight is 427 g/mol. The highest BCUT2D eigenvalue weighted by atomic mass is 35.5. The summed E-state index contributed by atoms with van der Waals surface area (Å²) in [5.41, 5.74) is 0.962. The predicted molar refractivity (Wildman–Crippen MR) is 108 cm³/mol. The van der Waals surface area contributed by atoms with Gasteiger partial charge in [0.05, 0.1) is 21.4 Å². The van der Waals surface area contributed by atoms with Gasteiger partial charge in [0.2, 0.25) is 5.91 Å². The molecular formula is C17H10Cl3N3O2S. The van der Waals surface area contributed by atoms with Crippen molar-refractivity contribution < 1.29 is 9.59 Å². The molecule has 132 valence electrons. The normalized spacial score (nSPS) is 17.7. The molecule has 0 aliphatic carbocycles. The van der Waals surface area contributed by atoms with E-state index in [9.17, 15) is 9.59 Å². The van der Waals surface area contributed by atoms with Crippen molar-refractivity contribution in [2.75, 3.05) is 4.90 Å². The number of nitrogens with one attached hydrogen (secondary N) is 1. The van der Waals surface area contributed by atoms with Gasteiger partial charge in [-0.1, -0.05) is 34.8 Å². The zero-order valence-corrected chi connectivity index (χ0v) is 16.0. The smallest absolute Gasteiger partial charge is 0.251 e. The number of halogens is 3. The van der Waals surface area contributed by atoms with E-state index in [1.54, 1.807) is 36.4 Å². The van der Waals surface area contributed by atoms with E-state index in [1.165, 1.54) is 17.2 Å². The third-order valence-electron chi connectivity index (χ3n) is 3.56. The molecule has 0 unspecified atom stereocenters. The fourth-order valence-electron chi connectivity index (χ4n) is 2.28. The minimum absolute atomic E-state index is 0.00140. The number of hydrogen-bond acceptors (Lipinski definition) is 4. The number of amides is 2. The number of hydrogen-bond donors (Lipinski definition) is 1.